The molecule has 0 unspecified atom stereocenters. The Labute approximate surface area is 115 Å². The highest BCUT2D eigenvalue weighted by molar-refractivity contribution is 7.99. The fraction of sp³-hybridized carbons (Fsp3) is 0.308. The molecule has 0 saturated heterocycles. The molecular formula is C13H14N2OS2. The molecule has 18 heavy (non-hydrogen) atoms. The van der Waals surface area contributed by atoms with E-state index in [0.717, 1.165) is 34.5 Å². The maximum absolute atomic E-state index is 5.47. The summed E-state index contributed by atoms with van der Waals surface area (Å²) < 4.78 is 7.68. The van der Waals surface area contributed by atoms with Gasteiger partial charge >= 0.3 is 0 Å². The first-order chi connectivity index (χ1) is 8.81. The molecule has 1 aromatic carbocycles. The minimum atomic E-state index is 0.892. The van der Waals surface area contributed by atoms with E-state index >= 15 is 0 Å². The number of hydrogen-bond donors (Lipinski definition) is 0. The first-order valence-corrected chi connectivity index (χ1v) is 7.95. The van der Waals surface area contributed by atoms with E-state index < -0.39 is 0 Å². The van der Waals surface area contributed by atoms with Gasteiger partial charge in [0.15, 0.2) is 5.16 Å². The van der Waals surface area contributed by atoms with Crippen molar-refractivity contribution < 1.29 is 4.74 Å². The summed E-state index contributed by atoms with van der Waals surface area (Å²) in [5.41, 5.74) is 2.07. The lowest BCUT2D eigenvalue weighted by Crippen LogP contribution is -1.90. The van der Waals surface area contributed by atoms with Crippen LogP contribution in [0.2, 0.25) is 0 Å². The van der Waals surface area contributed by atoms with E-state index in [1.807, 2.05) is 11.8 Å². The first kappa shape index (κ1) is 12.0. The molecule has 2 heterocycles. The molecular weight excluding hydrogens is 264 g/mol. The Kier molecular flexibility index (Phi) is 3.26. The Morgan fingerprint density at radius 1 is 1.44 bits per heavy atom. The van der Waals surface area contributed by atoms with Crippen LogP contribution in [0.4, 0.5) is 0 Å². The minimum absolute atomic E-state index is 0.892. The molecule has 0 radical (unpaired) electrons. The highest BCUT2D eigenvalue weighted by atomic mass is 32.2. The third-order valence-corrected chi connectivity index (χ3v) is 4.68. The predicted molar refractivity (Wildman–Crippen MR) is 76.7 cm³/mol. The zero-order valence-corrected chi connectivity index (χ0v) is 12.0. The summed E-state index contributed by atoms with van der Waals surface area (Å²) in [5, 5.41) is 1.11. The van der Waals surface area contributed by atoms with Crippen LogP contribution in [-0.4, -0.2) is 28.7 Å². The van der Waals surface area contributed by atoms with E-state index in [9.17, 15) is 0 Å². The largest absolute Gasteiger partial charge is 0.496 e. The molecule has 3 nitrogen and oxygen atoms in total. The van der Waals surface area contributed by atoms with Crippen LogP contribution in [0.15, 0.2) is 34.4 Å². The number of fused-ring (bicyclic) bond motifs is 1. The SMILES string of the molecule is COc1cc(SC)ccc1-c1cn2c(n1)SCC2. The number of aryl methyl sites for hydroxylation is 1. The van der Waals surface area contributed by atoms with Crippen LogP contribution in [0.25, 0.3) is 11.3 Å². The van der Waals surface area contributed by atoms with Crippen molar-refractivity contribution in [1.82, 2.24) is 9.55 Å². The van der Waals surface area contributed by atoms with Gasteiger partial charge in [0.2, 0.25) is 0 Å². The quantitative estimate of drug-likeness (QED) is 0.804. The second-order valence-electron chi connectivity index (χ2n) is 4.02. The third-order valence-electron chi connectivity index (χ3n) is 2.99. The second kappa shape index (κ2) is 4.90. The molecule has 0 amide bonds. The Bertz CT molecular complexity index is 559. The lowest BCUT2D eigenvalue weighted by atomic mass is 10.1. The Morgan fingerprint density at radius 3 is 3.06 bits per heavy atom. The first-order valence-electron chi connectivity index (χ1n) is 5.74. The highest BCUT2D eigenvalue weighted by Gasteiger charge is 2.17. The Balaban J connectivity index is 2.04. The predicted octanol–water partition coefficient (Wildman–Crippen LogP) is 3.39. The number of rotatable bonds is 3. The number of nitrogens with zero attached hydrogens (tertiary/aromatic N) is 2. The van der Waals surface area contributed by atoms with Crippen LogP contribution >= 0.6 is 23.5 Å². The molecule has 1 aliphatic heterocycles. The molecule has 0 atom stereocenters. The van der Waals surface area contributed by atoms with Crippen molar-refractivity contribution in [2.45, 2.75) is 16.6 Å². The van der Waals surface area contributed by atoms with Gasteiger partial charge in [0.05, 0.1) is 12.8 Å². The number of benzene rings is 1. The van der Waals surface area contributed by atoms with Gasteiger partial charge in [0.25, 0.3) is 0 Å². The standard InChI is InChI=1S/C13H14N2OS2/c1-16-12-7-9(17-2)3-4-10(12)11-8-15-5-6-18-13(15)14-11/h3-4,7-8H,5-6H2,1-2H3. The summed E-state index contributed by atoms with van der Waals surface area (Å²) in [5.74, 6) is 2.02. The molecule has 0 saturated carbocycles. The van der Waals surface area contributed by atoms with Gasteiger partial charge in [-0.1, -0.05) is 11.8 Å². The van der Waals surface area contributed by atoms with Crippen molar-refractivity contribution in [2.24, 2.45) is 0 Å². The monoisotopic (exact) mass is 278 g/mol. The van der Waals surface area contributed by atoms with Gasteiger partial charge in [-0.25, -0.2) is 4.98 Å². The van der Waals surface area contributed by atoms with Crippen molar-refractivity contribution >= 4 is 23.5 Å². The number of methoxy groups -OCH3 is 1. The molecule has 0 bridgehead atoms. The maximum Gasteiger partial charge on any atom is 0.168 e. The molecule has 5 heteroatoms. The van der Waals surface area contributed by atoms with Crippen LogP contribution in [0.5, 0.6) is 5.75 Å². The van der Waals surface area contributed by atoms with Crippen molar-refractivity contribution in [2.75, 3.05) is 19.1 Å². The molecule has 2 aromatic rings. The van der Waals surface area contributed by atoms with Gasteiger partial charge in [0.1, 0.15) is 5.75 Å². The van der Waals surface area contributed by atoms with Crippen molar-refractivity contribution in [3.05, 3.63) is 24.4 Å². The van der Waals surface area contributed by atoms with E-state index in [2.05, 4.69) is 40.2 Å². The fourth-order valence-electron chi connectivity index (χ4n) is 2.05. The number of imidazole rings is 1. The van der Waals surface area contributed by atoms with Crippen LogP contribution in [-0.2, 0) is 6.54 Å². The van der Waals surface area contributed by atoms with E-state index in [1.54, 1.807) is 18.9 Å². The van der Waals surface area contributed by atoms with E-state index in [-0.39, 0.29) is 0 Å². The smallest absolute Gasteiger partial charge is 0.168 e. The zero-order chi connectivity index (χ0) is 12.5. The van der Waals surface area contributed by atoms with E-state index in [1.165, 1.54) is 4.90 Å². The molecule has 0 fully saturated rings. The van der Waals surface area contributed by atoms with Gasteiger partial charge in [-0.2, -0.15) is 0 Å². The average Bonchev–Trinajstić information content (AvgIpc) is 2.98. The summed E-state index contributed by atoms with van der Waals surface area (Å²) in [6, 6.07) is 6.27. The molecule has 0 aliphatic carbocycles. The molecule has 3 rings (SSSR count). The lowest BCUT2D eigenvalue weighted by molar-refractivity contribution is 0.415. The maximum atomic E-state index is 5.47. The Hall–Kier alpha value is -1.07. The van der Waals surface area contributed by atoms with E-state index in [0.29, 0.717) is 0 Å². The molecule has 1 aromatic heterocycles. The van der Waals surface area contributed by atoms with Crippen LogP contribution in [0, 0.1) is 0 Å². The summed E-state index contributed by atoms with van der Waals surface area (Å²) >= 11 is 3.53. The number of hydrogen-bond acceptors (Lipinski definition) is 4. The van der Waals surface area contributed by atoms with Gasteiger partial charge in [-0.3, -0.25) is 0 Å². The van der Waals surface area contributed by atoms with Crippen LogP contribution in [0.3, 0.4) is 0 Å². The molecule has 0 spiro atoms. The zero-order valence-electron chi connectivity index (χ0n) is 10.3. The highest BCUT2D eigenvalue weighted by Crippen LogP contribution is 2.35. The number of thioether (sulfide) groups is 2. The summed E-state index contributed by atoms with van der Waals surface area (Å²) in [6.07, 6.45) is 4.18. The van der Waals surface area contributed by atoms with Gasteiger partial charge < -0.3 is 9.30 Å². The minimum Gasteiger partial charge on any atom is -0.496 e. The summed E-state index contributed by atoms with van der Waals surface area (Å²) in [7, 11) is 1.71. The van der Waals surface area contributed by atoms with Crippen molar-refractivity contribution in [1.29, 1.82) is 0 Å². The molecule has 1 aliphatic rings. The van der Waals surface area contributed by atoms with Gasteiger partial charge in [-0.05, 0) is 24.5 Å². The molecule has 0 N–H and O–H groups in total. The number of ether oxygens (including phenoxy) is 1. The third kappa shape index (κ3) is 2.01. The van der Waals surface area contributed by atoms with Crippen LogP contribution in [0.1, 0.15) is 0 Å². The fourth-order valence-corrected chi connectivity index (χ4v) is 3.42. The van der Waals surface area contributed by atoms with Crippen LogP contribution < -0.4 is 4.74 Å². The van der Waals surface area contributed by atoms with Gasteiger partial charge in [0, 0.05) is 29.0 Å². The topological polar surface area (TPSA) is 27.1 Å². The summed E-state index contributed by atoms with van der Waals surface area (Å²) in [4.78, 5) is 5.87. The van der Waals surface area contributed by atoms with Gasteiger partial charge in [-0.15, -0.1) is 11.8 Å². The average molecular weight is 278 g/mol. The molecule has 94 valence electrons. The van der Waals surface area contributed by atoms with E-state index in [4.69, 9.17) is 4.74 Å². The lowest BCUT2D eigenvalue weighted by Gasteiger charge is -2.07. The second-order valence-corrected chi connectivity index (χ2v) is 5.96. The van der Waals surface area contributed by atoms with Crippen molar-refractivity contribution in [3.63, 3.8) is 0 Å². The van der Waals surface area contributed by atoms with Crippen molar-refractivity contribution in [3.8, 4) is 17.0 Å². The summed E-state index contributed by atoms with van der Waals surface area (Å²) in [6.45, 7) is 1.05. The number of aromatic nitrogens is 2. The normalized spacial score (nSPS) is 13.7. The Morgan fingerprint density at radius 2 is 2.33 bits per heavy atom.